The molecule has 0 saturated heterocycles. The Morgan fingerprint density at radius 3 is 2.80 bits per heavy atom. The Balaban J connectivity index is 2.00. The highest BCUT2D eigenvalue weighted by molar-refractivity contribution is 5.56. The number of hydrogen-bond acceptors (Lipinski definition) is 4. The van der Waals surface area contributed by atoms with E-state index >= 15 is 0 Å². The van der Waals surface area contributed by atoms with Gasteiger partial charge in [0.15, 0.2) is 5.82 Å². The molecular formula is C16H20N4. The van der Waals surface area contributed by atoms with Gasteiger partial charge in [0.05, 0.1) is 0 Å². The summed E-state index contributed by atoms with van der Waals surface area (Å²) in [6, 6.07) is 6.05. The first-order valence-electron chi connectivity index (χ1n) is 7.40. The molecule has 0 bridgehead atoms. The maximum Gasteiger partial charge on any atom is 0.163 e. The number of aromatic nitrogens is 3. The average Bonchev–Trinajstić information content (AvgIpc) is 3.02. The number of nitrogens with one attached hydrogen (secondary N) is 1. The molecule has 0 aliphatic heterocycles. The van der Waals surface area contributed by atoms with Gasteiger partial charge in [0.25, 0.3) is 0 Å². The lowest BCUT2D eigenvalue weighted by Crippen LogP contribution is -2.06. The topological polar surface area (TPSA) is 50.7 Å². The minimum absolute atomic E-state index is 0.589. The smallest absolute Gasteiger partial charge is 0.163 e. The van der Waals surface area contributed by atoms with Crippen LogP contribution in [-0.4, -0.2) is 21.5 Å². The first-order chi connectivity index (χ1) is 9.86. The van der Waals surface area contributed by atoms with E-state index in [1.54, 1.807) is 6.20 Å². The highest BCUT2D eigenvalue weighted by atomic mass is 15.0. The first kappa shape index (κ1) is 13.0. The SMILES string of the molecule is CCNc1cc(C2CCCC2)nc(-c2cccnc2)n1. The molecule has 0 atom stereocenters. The molecule has 20 heavy (non-hydrogen) atoms. The van der Waals surface area contributed by atoms with Gasteiger partial charge in [-0.05, 0) is 31.9 Å². The van der Waals surface area contributed by atoms with Crippen molar-refractivity contribution in [2.75, 3.05) is 11.9 Å². The molecule has 104 valence electrons. The fraction of sp³-hybridized carbons (Fsp3) is 0.438. The molecule has 1 fully saturated rings. The van der Waals surface area contributed by atoms with E-state index in [9.17, 15) is 0 Å². The third kappa shape index (κ3) is 2.79. The largest absolute Gasteiger partial charge is 0.370 e. The standard InChI is InChI=1S/C16H20N4/c1-2-18-15-10-14(12-6-3-4-7-12)19-16(20-15)13-8-5-9-17-11-13/h5,8-12H,2-4,6-7H2,1H3,(H,18,19,20). The van der Waals surface area contributed by atoms with E-state index in [-0.39, 0.29) is 0 Å². The number of hydrogen-bond donors (Lipinski definition) is 1. The Bertz CT molecular complexity index is 562. The van der Waals surface area contributed by atoms with Gasteiger partial charge in [-0.15, -0.1) is 0 Å². The van der Waals surface area contributed by atoms with Crippen LogP contribution in [0.2, 0.25) is 0 Å². The zero-order valence-electron chi connectivity index (χ0n) is 11.8. The third-order valence-electron chi connectivity index (χ3n) is 3.80. The molecule has 1 aliphatic carbocycles. The van der Waals surface area contributed by atoms with E-state index in [4.69, 9.17) is 4.98 Å². The number of pyridine rings is 1. The van der Waals surface area contributed by atoms with Crippen molar-refractivity contribution in [3.63, 3.8) is 0 Å². The molecule has 0 radical (unpaired) electrons. The molecule has 0 amide bonds. The summed E-state index contributed by atoms with van der Waals surface area (Å²) >= 11 is 0. The molecular weight excluding hydrogens is 248 g/mol. The van der Waals surface area contributed by atoms with Crippen molar-refractivity contribution in [1.82, 2.24) is 15.0 Å². The van der Waals surface area contributed by atoms with Crippen LogP contribution in [0.15, 0.2) is 30.6 Å². The molecule has 0 unspecified atom stereocenters. The molecule has 2 aromatic heterocycles. The predicted molar refractivity (Wildman–Crippen MR) is 80.6 cm³/mol. The lowest BCUT2D eigenvalue weighted by molar-refractivity contribution is 0.695. The van der Waals surface area contributed by atoms with Crippen LogP contribution in [-0.2, 0) is 0 Å². The molecule has 2 heterocycles. The zero-order chi connectivity index (χ0) is 13.8. The molecule has 1 aliphatic rings. The van der Waals surface area contributed by atoms with Crippen LogP contribution >= 0.6 is 0 Å². The summed E-state index contributed by atoms with van der Waals surface area (Å²) in [5.41, 5.74) is 2.15. The Morgan fingerprint density at radius 2 is 2.10 bits per heavy atom. The van der Waals surface area contributed by atoms with E-state index in [0.29, 0.717) is 5.92 Å². The van der Waals surface area contributed by atoms with Crippen LogP contribution in [0.5, 0.6) is 0 Å². The normalized spacial score (nSPS) is 15.4. The summed E-state index contributed by atoms with van der Waals surface area (Å²) < 4.78 is 0. The van der Waals surface area contributed by atoms with Crippen molar-refractivity contribution in [1.29, 1.82) is 0 Å². The van der Waals surface area contributed by atoms with Gasteiger partial charge in [-0.3, -0.25) is 4.98 Å². The summed E-state index contributed by atoms with van der Waals surface area (Å²) in [6.45, 7) is 2.95. The second-order valence-corrected chi connectivity index (χ2v) is 5.26. The van der Waals surface area contributed by atoms with Crippen molar-refractivity contribution >= 4 is 5.82 Å². The highest BCUT2D eigenvalue weighted by Crippen LogP contribution is 2.34. The number of rotatable bonds is 4. The Morgan fingerprint density at radius 1 is 1.25 bits per heavy atom. The van der Waals surface area contributed by atoms with Crippen molar-refractivity contribution in [2.45, 2.75) is 38.5 Å². The van der Waals surface area contributed by atoms with Gasteiger partial charge in [-0.25, -0.2) is 9.97 Å². The summed E-state index contributed by atoms with van der Waals surface area (Å²) in [6.07, 6.45) is 8.71. The third-order valence-corrected chi connectivity index (χ3v) is 3.80. The second-order valence-electron chi connectivity index (χ2n) is 5.26. The highest BCUT2D eigenvalue weighted by Gasteiger charge is 2.20. The minimum atomic E-state index is 0.589. The first-order valence-corrected chi connectivity index (χ1v) is 7.40. The van der Waals surface area contributed by atoms with E-state index < -0.39 is 0 Å². The van der Waals surface area contributed by atoms with Crippen LogP contribution in [0.1, 0.15) is 44.2 Å². The fourth-order valence-corrected chi connectivity index (χ4v) is 2.79. The van der Waals surface area contributed by atoms with Gasteiger partial charge in [-0.1, -0.05) is 12.8 Å². The predicted octanol–water partition coefficient (Wildman–Crippen LogP) is 3.63. The Hall–Kier alpha value is -1.97. The van der Waals surface area contributed by atoms with Gasteiger partial charge in [0.2, 0.25) is 0 Å². The summed E-state index contributed by atoms with van der Waals surface area (Å²) in [7, 11) is 0. The average molecular weight is 268 g/mol. The number of nitrogens with zero attached hydrogens (tertiary/aromatic N) is 3. The quantitative estimate of drug-likeness (QED) is 0.920. The molecule has 4 heteroatoms. The van der Waals surface area contributed by atoms with E-state index in [0.717, 1.165) is 23.8 Å². The molecule has 0 spiro atoms. The van der Waals surface area contributed by atoms with Crippen molar-refractivity contribution in [2.24, 2.45) is 0 Å². The van der Waals surface area contributed by atoms with E-state index in [2.05, 4.69) is 28.3 Å². The number of anilines is 1. The van der Waals surface area contributed by atoms with Gasteiger partial charge in [0.1, 0.15) is 5.82 Å². The van der Waals surface area contributed by atoms with E-state index in [1.165, 1.54) is 31.4 Å². The molecule has 2 aromatic rings. The molecule has 4 nitrogen and oxygen atoms in total. The summed E-state index contributed by atoms with van der Waals surface area (Å²) in [5, 5.41) is 3.31. The van der Waals surface area contributed by atoms with Gasteiger partial charge < -0.3 is 5.32 Å². The Labute approximate surface area is 119 Å². The van der Waals surface area contributed by atoms with Crippen molar-refractivity contribution in [3.8, 4) is 11.4 Å². The summed E-state index contributed by atoms with van der Waals surface area (Å²) in [4.78, 5) is 13.5. The lowest BCUT2D eigenvalue weighted by atomic mass is 10.0. The maximum absolute atomic E-state index is 4.78. The maximum atomic E-state index is 4.78. The summed E-state index contributed by atoms with van der Waals surface area (Å²) in [5.74, 6) is 2.28. The van der Waals surface area contributed by atoms with Crippen molar-refractivity contribution in [3.05, 3.63) is 36.3 Å². The molecule has 0 aromatic carbocycles. The van der Waals surface area contributed by atoms with Crippen LogP contribution in [0, 0.1) is 0 Å². The molecule has 1 saturated carbocycles. The zero-order valence-corrected chi connectivity index (χ0v) is 11.8. The minimum Gasteiger partial charge on any atom is -0.370 e. The van der Waals surface area contributed by atoms with Crippen LogP contribution in [0.3, 0.4) is 0 Å². The molecule has 3 rings (SSSR count). The fourth-order valence-electron chi connectivity index (χ4n) is 2.79. The van der Waals surface area contributed by atoms with Crippen LogP contribution < -0.4 is 5.32 Å². The Kier molecular flexibility index (Phi) is 3.90. The van der Waals surface area contributed by atoms with Crippen LogP contribution in [0.25, 0.3) is 11.4 Å². The molecule has 1 N–H and O–H groups in total. The second kappa shape index (κ2) is 5.99. The monoisotopic (exact) mass is 268 g/mol. The van der Waals surface area contributed by atoms with Gasteiger partial charge >= 0.3 is 0 Å². The van der Waals surface area contributed by atoms with E-state index in [1.807, 2.05) is 18.3 Å². The van der Waals surface area contributed by atoms with Gasteiger partial charge in [-0.2, -0.15) is 0 Å². The van der Waals surface area contributed by atoms with Gasteiger partial charge in [0, 0.05) is 42.2 Å². The van der Waals surface area contributed by atoms with Crippen LogP contribution in [0.4, 0.5) is 5.82 Å². The lowest BCUT2D eigenvalue weighted by Gasteiger charge is -2.13. The van der Waals surface area contributed by atoms with Crippen molar-refractivity contribution < 1.29 is 0 Å².